The number of carbonyl (C=O) groups is 3. The predicted octanol–water partition coefficient (Wildman–Crippen LogP) is -0.0648. The molecule has 1 fully saturated rings. The summed E-state index contributed by atoms with van der Waals surface area (Å²) >= 11 is 0. The first-order valence-electron chi connectivity index (χ1n) is 5.50. The van der Waals surface area contributed by atoms with Crippen LogP contribution < -0.4 is 0 Å². The van der Waals surface area contributed by atoms with Gasteiger partial charge in [-0.25, -0.2) is 4.90 Å². The fourth-order valence-corrected chi connectivity index (χ4v) is 2.33. The van der Waals surface area contributed by atoms with E-state index < -0.39 is 34.3 Å². The van der Waals surface area contributed by atoms with Crippen LogP contribution in [0.25, 0.3) is 0 Å². The maximum Gasteiger partial charge on any atom is 0.340 e. The zero-order chi connectivity index (χ0) is 14.2. The molecule has 1 aliphatic heterocycles. The van der Waals surface area contributed by atoms with Gasteiger partial charge in [-0.15, -0.1) is 0 Å². The Hall–Kier alpha value is -2.51. The SMILES string of the molecule is O=C(O)C1C=CC=CC1(N1C(=O)CCC1=O)[N+](=O)[O-]. The first-order valence-corrected chi connectivity index (χ1v) is 5.50. The molecule has 2 atom stereocenters. The number of hydrogen-bond donors (Lipinski definition) is 1. The van der Waals surface area contributed by atoms with Gasteiger partial charge in [0.15, 0.2) is 5.92 Å². The Bertz CT molecular complexity index is 521. The quantitative estimate of drug-likeness (QED) is 0.434. The number of likely N-dealkylation sites (tertiary alicyclic amines) is 1. The van der Waals surface area contributed by atoms with Crippen LogP contribution in [-0.2, 0) is 14.4 Å². The summed E-state index contributed by atoms with van der Waals surface area (Å²) in [5.74, 6) is -4.52. The van der Waals surface area contributed by atoms with E-state index in [2.05, 4.69) is 0 Å². The monoisotopic (exact) mass is 266 g/mol. The van der Waals surface area contributed by atoms with Crippen LogP contribution in [0.4, 0.5) is 0 Å². The molecular weight excluding hydrogens is 256 g/mol. The van der Waals surface area contributed by atoms with Gasteiger partial charge in [0.05, 0.1) is 4.92 Å². The van der Waals surface area contributed by atoms with Gasteiger partial charge in [-0.2, -0.15) is 0 Å². The standard InChI is InChI=1S/C11H10N2O6/c14-8-4-5-9(15)12(8)11(13(18)19)6-2-1-3-7(11)10(16)17/h1-3,6-7H,4-5H2,(H,16,17). The highest BCUT2D eigenvalue weighted by Crippen LogP contribution is 2.35. The Labute approximate surface area is 107 Å². The average Bonchev–Trinajstić information content (AvgIpc) is 2.69. The van der Waals surface area contributed by atoms with Crippen LogP contribution in [0.3, 0.4) is 0 Å². The minimum Gasteiger partial charge on any atom is -0.481 e. The Morgan fingerprint density at radius 1 is 1.37 bits per heavy atom. The second-order valence-electron chi connectivity index (χ2n) is 4.22. The molecule has 0 aromatic rings. The van der Waals surface area contributed by atoms with Gasteiger partial charge in [0, 0.05) is 18.9 Å². The summed E-state index contributed by atoms with van der Waals surface area (Å²) in [6.45, 7) is 0. The summed E-state index contributed by atoms with van der Waals surface area (Å²) in [6, 6.07) is 0. The van der Waals surface area contributed by atoms with E-state index in [0.29, 0.717) is 4.90 Å². The van der Waals surface area contributed by atoms with E-state index in [1.807, 2.05) is 0 Å². The maximum atomic E-state index is 11.7. The fourth-order valence-electron chi connectivity index (χ4n) is 2.33. The normalized spacial score (nSPS) is 29.9. The Balaban J connectivity index is 2.60. The molecule has 1 aliphatic carbocycles. The molecule has 2 unspecified atom stereocenters. The molecule has 8 heteroatoms. The highest BCUT2D eigenvalue weighted by Gasteiger charge is 2.62. The molecule has 1 heterocycles. The predicted molar refractivity (Wildman–Crippen MR) is 60.2 cm³/mol. The van der Waals surface area contributed by atoms with Crippen molar-refractivity contribution in [3.63, 3.8) is 0 Å². The molecule has 2 rings (SSSR count). The lowest BCUT2D eigenvalue weighted by Gasteiger charge is -2.33. The third-order valence-corrected chi connectivity index (χ3v) is 3.18. The minimum absolute atomic E-state index is 0.141. The number of aliphatic carboxylic acids is 1. The minimum atomic E-state index is -2.37. The van der Waals surface area contributed by atoms with Gasteiger partial charge in [0.2, 0.25) is 11.8 Å². The van der Waals surface area contributed by atoms with Crippen molar-refractivity contribution in [3.05, 3.63) is 34.4 Å². The van der Waals surface area contributed by atoms with E-state index in [-0.39, 0.29) is 12.8 Å². The molecule has 0 saturated carbocycles. The molecule has 100 valence electrons. The number of carboxylic acid groups (broad SMARTS) is 1. The van der Waals surface area contributed by atoms with Crippen molar-refractivity contribution in [2.24, 2.45) is 5.92 Å². The second-order valence-corrected chi connectivity index (χ2v) is 4.22. The van der Waals surface area contributed by atoms with Crippen molar-refractivity contribution in [1.82, 2.24) is 4.90 Å². The van der Waals surface area contributed by atoms with E-state index in [1.54, 1.807) is 0 Å². The zero-order valence-electron chi connectivity index (χ0n) is 9.68. The van der Waals surface area contributed by atoms with E-state index in [4.69, 9.17) is 5.11 Å². The lowest BCUT2D eigenvalue weighted by molar-refractivity contribution is -0.582. The number of hydrogen-bond acceptors (Lipinski definition) is 5. The van der Waals surface area contributed by atoms with Gasteiger partial charge >= 0.3 is 11.6 Å². The van der Waals surface area contributed by atoms with Gasteiger partial charge in [-0.3, -0.25) is 24.5 Å². The van der Waals surface area contributed by atoms with E-state index in [9.17, 15) is 24.5 Å². The first kappa shape index (κ1) is 12.9. The van der Waals surface area contributed by atoms with Crippen molar-refractivity contribution in [3.8, 4) is 0 Å². The molecule has 0 radical (unpaired) electrons. The van der Waals surface area contributed by atoms with Crippen LogP contribution in [0.1, 0.15) is 12.8 Å². The number of rotatable bonds is 3. The largest absolute Gasteiger partial charge is 0.481 e. The van der Waals surface area contributed by atoms with Crippen LogP contribution in [-0.4, -0.2) is 38.4 Å². The maximum absolute atomic E-state index is 11.7. The van der Waals surface area contributed by atoms with E-state index in [1.165, 1.54) is 12.2 Å². The van der Waals surface area contributed by atoms with Crippen molar-refractivity contribution in [2.75, 3.05) is 0 Å². The number of nitro groups is 1. The summed E-state index contributed by atoms with van der Waals surface area (Å²) in [7, 11) is 0. The van der Waals surface area contributed by atoms with Gasteiger partial charge < -0.3 is 5.11 Å². The number of nitrogens with zero attached hydrogens (tertiary/aromatic N) is 2. The van der Waals surface area contributed by atoms with Crippen LogP contribution in [0, 0.1) is 16.0 Å². The average molecular weight is 266 g/mol. The molecule has 8 nitrogen and oxygen atoms in total. The highest BCUT2D eigenvalue weighted by atomic mass is 16.6. The molecule has 0 aromatic carbocycles. The fraction of sp³-hybridized carbons (Fsp3) is 0.364. The van der Waals surface area contributed by atoms with Gasteiger partial charge in [-0.05, 0) is 0 Å². The van der Waals surface area contributed by atoms with Gasteiger partial charge in [0.25, 0.3) is 0 Å². The van der Waals surface area contributed by atoms with E-state index >= 15 is 0 Å². The third-order valence-electron chi connectivity index (χ3n) is 3.18. The number of allylic oxidation sites excluding steroid dienone is 2. The molecular formula is C11H10N2O6. The van der Waals surface area contributed by atoms with Crippen LogP contribution >= 0.6 is 0 Å². The molecule has 1 N–H and O–H groups in total. The lowest BCUT2D eigenvalue weighted by Crippen LogP contribution is -2.62. The molecule has 19 heavy (non-hydrogen) atoms. The van der Waals surface area contributed by atoms with Crippen molar-refractivity contribution < 1.29 is 24.4 Å². The van der Waals surface area contributed by atoms with Crippen LogP contribution in [0.5, 0.6) is 0 Å². The number of imide groups is 1. The van der Waals surface area contributed by atoms with Crippen molar-refractivity contribution in [1.29, 1.82) is 0 Å². The molecule has 2 aliphatic rings. The zero-order valence-corrected chi connectivity index (χ0v) is 9.68. The summed E-state index contributed by atoms with van der Waals surface area (Å²) in [5, 5.41) is 20.5. The smallest absolute Gasteiger partial charge is 0.340 e. The molecule has 1 saturated heterocycles. The summed E-state index contributed by atoms with van der Waals surface area (Å²) in [5.41, 5.74) is -2.37. The Morgan fingerprint density at radius 2 is 1.95 bits per heavy atom. The van der Waals surface area contributed by atoms with Crippen LogP contribution in [0.15, 0.2) is 24.3 Å². The second kappa shape index (κ2) is 4.30. The number of carbonyl (C=O) groups excluding carboxylic acids is 2. The molecule has 0 aromatic heterocycles. The topological polar surface area (TPSA) is 118 Å². The number of carboxylic acids is 1. The van der Waals surface area contributed by atoms with Gasteiger partial charge in [-0.1, -0.05) is 18.2 Å². The molecule has 0 bridgehead atoms. The van der Waals surface area contributed by atoms with Crippen molar-refractivity contribution >= 4 is 17.8 Å². The number of amides is 2. The van der Waals surface area contributed by atoms with Gasteiger partial charge in [0.1, 0.15) is 0 Å². The highest BCUT2D eigenvalue weighted by molar-refractivity contribution is 6.03. The Kier molecular flexibility index (Phi) is 2.93. The first-order chi connectivity index (χ1) is 8.91. The summed E-state index contributed by atoms with van der Waals surface area (Å²) in [6.07, 6.45) is 4.40. The molecule has 0 spiro atoms. The third kappa shape index (κ3) is 1.72. The Morgan fingerprint density at radius 3 is 2.42 bits per heavy atom. The molecule has 2 amide bonds. The summed E-state index contributed by atoms with van der Waals surface area (Å²) in [4.78, 5) is 45.6. The summed E-state index contributed by atoms with van der Waals surface area (Å²) < 4.78 is 0. The van der Waals surface area contributed by atoms with Crippen LogP contribution in [0.2, 0.25) is 0 Å². The van der Waals surface area contributed by atoms with E-state index in [0.717, 1.165) is 12.2 Å². The lowest BCUT2D eigenvalue weighted by atomic mass is 9.87. The van der Waals surface area contributed by atoms with Crippen molar-refractivity contribution in [2.45, 2.75) is 18.5 Å².